The molecule has 1 fully saturated rings. The molecule has 2 rings (SSSR count). The summed E-state index contributed by atoms with van der Waals surface area (Å²) in [5.74, 6) is 0. The molecular formula is C13H21NO4S. The average molecular weight is 287 g/mol. The minimum absolute atomic E-state index is 0.0666. The van der Waals surface area contributed by atoms with E-state index in [-0.39, 0.29) is 10.9 Å². The molecule has 0 aromatic heterocycles. The summed E-state index contributed by atoms with van der Waals surface area (Å²) in [4.78, 5) is -0.0666. The van der Waals surface area contributed by atoms with Gasteiger partial charge in [0.2, 0.25) is 0 Å². The van der Waals surface area contributed by atoms with Crippen LogP contribution in [-0.4, -0.2) is 31.7 Å². The van der Waals surface area contributed by atoms with Gasteiger partial charge in [-0.25, -0.2) is 0 Å². The molecule has 0 spiro atoms. The Balaban J connectivity index is 0.000000200. The van der Waals surface area contributed by atoms with Crippen LogP contribution in [0, 0.1) is 6.92 Å². The fourth-order valence-electron chi connectivity index (χ4n) is 1.23. The highest BCUT2D eigenvalue weighted by atomic mass is 32.2. The van der Waals surface area contributed by atoms with Crippen LogP contribution in [0.2, 0.25) is 0 Å². The molecule has 0 bridgehead atoms. The van der Waals surface area contributed by atoms with E-state index in [1.165, 1.54) is 25.0 Å². The number of ether oxygens (including phenoxy) is 1. The first-order valence-electron chi connectivity index (χ1n) is 6.20. The Bertz CT molecular complexity index is 476. The molecule has 5 nitrogen and oxygen atoms in total. The van der Waals surface area contributed by atoms with Crippen molar-refractivity contribution in [2.24, 2.45) is 5.73 Å². The highest BCUT2D eigenvalue weighted by Crippen LogP contribution is 2.23. The molecule has 3 N–H and O–H groups in total. The largest absolute Gasteiger partial charge is 0.377 e. The van der Waals surface area contributed by atoms with Gasteiger partial charge in [0.25, 0.3) is 10.1 Å². The van der Waals surface area contributed by atoms with Gasteiger partial charge in [-0.15, -0.1) is 0 Å². The van der Waals surface area contributed by atoms with Gasteiger partial charge in [0.05, 0.1) is 17.6 Å². The summed E-state index contributed by atoms with van der Waals surface area (Å²) >= 11 is 0. The second kappa shape index (κ2) is 7.00. The molecule has 1 saturated carbocycles. The van der Waals surface area contributed by atoms with Gasteiger partial charge in [0.1, 0.15) is 0 Å². The van der Waals surface area contributed by atoms with Gasteiger partial charge in [-0.3, -0.25) is 4.55 Å². The van der Waals surface area contributed by atoms with Crippen molar-refractivity contribution in [1.29, 1.82) is 0 Å². The average Bonchev–Trinajstić information content (AvgIpc) is 3.10. The van der Waals surface area contributed by atoms with E-state index in [1.54, 1.807) is 12.1 Å². The van der Waals surface area contributed by atoms with E-state index in [0.29, 0.717) is 6.10 Å². The number of rotatable bonds is 4. The summed E-state index contributed by atoms with van der Waals surface area (Å²) in [5.41, 5.74) is 6.40. The summed E-state index contributed by atoms with van der Waals surface area (Å²) in [7, 11) is -4.02. The molecular weight excluding hydrogens is 266 g/mol. The van der Waals surface area contributed by atoms with Gasteiger partial charge in [-0.05, 0) is 38.8 Å². The van der Waals surface area contributed by atoms with E-state index in [2.05, 4.69) is 0 Å². The molecule has 0 heterocycles. The van der Waals surface area contributed by atoms with Gasteiger partial charge in [0.15, 0.2) is 0 Å². The van der Waals surface area contributed by atoms with Gasteiger partial charge in [-0.2, -0.15) is 8.42 Å². The Morgan fingerprint density at radius 2 is 1.89 bits per heavy atom. The van der Waals surface area contributed by atoms with Crippen LogP contribution in [0.15, 0.2) is 29.2 Å². The molecule has 1 aliphatic carbocycles. The lowest BCUT2D eigenvalue weighted by molar-refractivity contribution is 0.110. The van der Waals surface area contributed by atoms with Crippen LogP contribution in [0.1, 0.15) is 25.3 Å². The molecule has 0 saturated heterocycles. The number of hydrogen-bond acceptors (Lipinski definition) is 4. The van der Waals surface area contributed by atoms with Crippen molar-refractivity contribution in [2.45, 2.75) is 43.7 Å². The van der Waals surface area contributed by atoms with Gasteiger partial charge in [-0.1, -0.05) is 17.7 Å². The molecule has 1 atom stereocenters. The lowest BCUT2D eigenvalue weighted by Gasteiger charge is -2.03. The molecule has 108 valence electrons. The van der Waals surface area contributed by atoms with Crippen LogP contribution in [0.4, 0.5) is 0 Å². The third-order valence-electron chi connectivity index (χ3n) is 2.44. The molecule has 0 amide bonds. The predicted octanol–water partition coefficient (Wildman–Crippen LogP) is 1.75. The second-order valence-corrected chi connectivity index (χ2v) is 6.22. The zero-order valence-electron chi connectivity index (χ0n) is 11.2. The Hall–Kier alpha value is -0.950. The van der Waals surface area contributed by atoms with Crippen LogP contribution < -0.4 is 5.73 Å². The van der Waals surface area contributed by atoms with E-state index in [9.17, 15) is 8.42 Å². The van der Waals surface area contributed by atoms with Crippen molar-refractivity contribution in [3.8, 4) is 0 Å². The van der Waals surface area contributed by atoms with Gasteiger partial charge < -0.3 is 10.5 Å². The maximum atomic E-state index is 10.5. The third kappa shape index (κ3) is 7.27. The fraction of sp³-hybridized carbons (Fsp3) is 0.538. The van der Waals surface area contributed by atoms with Gasteiger partial charge >= 0.3 is 0 Å². The van der Waals surface area contributed by atoms with E-state index >= 15 is 0 Å². The zero-order chi connectivity index (χ0) is 14.5. The van der Waals surface area contributed by atoms with E-state index in [0.717, 1.165) is 12.2 Å². The number of aryl methyl sites for hydroxylation is 1. The van der Waals surface area contributed by atoms with Crippen molar-refractivity contribution < 1.29 is 17.7 Å². The predicted molar refractivity (Wildman–Crippen MR) is 73.6 cm³/mol. The summed E-state index contributed by atoms with van der Waals surface area (Å²) in [6, 6.07) is 6.19. The molecule has 0 radical (unpaired) electrons. The summed E-state index contributed by atoms with van der Waals surface area (Å²) in [6.45, 7) is 4.53. The molecule has 1 aromatic carbocycles. The first-order valence-corrected chi connectivity index (χ1v) is 7.64. The van der Waals surface area contributed by atoms with Crippen molar-refractivity contribution in [3.05, 3.63) is 29.8 Å². The van der Waals surface area contributed by atoms with Crippen LogP contribution in [0.3, 0.4) is 0 Å². The number of hydrogen-bond donors (Lipinski definition) is 2. The Morgan fingerprint density at radius 3 is 2.26 bits per heavy atom. The molecule has 0 aliphatic heterocycles. The van der Waals surface area contributed by atoms with Gasteiger partial charge in [0, 0.05) is 6.04 Å². The van der Waals surface area contributed by atoms with Crippen LogP contribution >= 0.6 is 0 Å². The summed E-state index contributed by atoms with van der Waals surface area (Å²) in [5, 5.41) is 0. The molecule has 1 aromatic rings. The normalized spacial score (nSPS) is 16.4. The van der Waals surface area contributed by atoms with Crippen LogP contribution in [0.5, 0.6) is 0 Å². The van der Waals surface area contributed by atoms with Crippen molar-refractivity contribution >= 4 is 10.1 Å². The van der Waals surface area contributed by atoms with Crippen molar-refractivity contribution in [1.82, 2.24) is 0 Å². The van der Waals surface area contributed by atoms with E-state index < -0.39 is 10.1 Å². The molecule has 1 aliphatic rings. The highest BCUT2D eigenvalue weighted by Gasteiger charge is 2.21. The quantitative estimate of drug-likeness (QED) is 0.823. The fourth-order valence-corrected chi connectivity index (χ4v) is 1.71. The Morgan fingerprint density at radius 1 is 1.37 bits per heavy atom. The first-order chi connectivity index (χ1) is 8.79. The maximum absolute atomic E-state index is 10.5. The standard InChI is InChI=1S/C7H8O3S.C6H13NO/c1-6-2-4-7(5-3-6)11(8,9)10;1-5(7)4-8-6-2-3-6/h2-5H,1H3,(H,8,9,10);5-6H,2-4,7H2,1H3/t;5-/m.1/s1. The SMILES string of the molecule is C[C@@H](N)COC1CC1.Cc1ccc(S(=O)(=O)O)cc1. The smallest absolute Gasteiger partial charge is 0.294 e. The number of benzene rings is 1. The Kier molecular flexibility index (Phi) is 5.93. The monoisotopic (exact) mass is 287 g/mol. The van der Waals surface area contributed by atoms with Crippen LogP contribution in [0.25, 0.3) is 0 Å². The number of nitrogens with two attached hydrogens (primary N) is 1. The summed E-state index contributed by atoms with van der Waals surface area (Å²) in [6.07, 6.45) is 3.04. The van der Waals surface area contributed by atoms with Crippen molar-refractivity contribution in [3.63, 3.8) is 0 Å². The molecule has 6 heteroatoms. The second-order valence-electron chi connectivity index (χ2n) is 4.80. The topological polar surface area (TPSA) is 89.6 Å². The van der Waals surface area contributed by atoms with Crippen molar-refractivity contribution in [2.75, 3.05) is 6.61 Å². The molecule has 0 unspecified atom stereocenters. The molecule has 19 heavy (non-hydrogen) atoms. The maximum Gasteiger partial charge on any atom is 0.294 e. The lowest BCUT2D eigenvalue weighted by Crippen LogP contribution is -2.22. The zero-order valence-corrected chi connectivity index (χ0v) is 12.1. The van der Waals surface area contributed by atoms with E-state index in [1.807, 2.05) is 13.8 Å². The highest BCUT2D eigenvalue weighted by molar-refractivity contribution is 7.85. The van der Waals surface area contributed by atoms with E-state index in [4.69, 9.17) is 15.0 Å². The minimum atomic E-state index is -4.02. The van der Waals surface area contributed by atoms with Crippen LogP contribution in [-0.2, 0) is 14.9 Å². The minimum Gasteiger partial charge on any atom is -0.377 e. The Labute approximate surface area is 114 Å². The first kappa shape index (κ1) is 16.1. The summed E-state index contributed by atoms with van der Waals surface area (Å²) < 4.78 is 34.8. The lowest BCUT2D eigenvalue weighted by atomic mass is 10.2. The third-order valence-corrected chi connectivity index (χ3v) is 3.31.